The minimum absolute atomic E-state index is 0.0315. The van der Waals surface area contributed by atoms with E-state index < -0.39 is 11.7 Å². The van der Waals surface area contributed by atoms with E-state index in [1.807, 2.05) is 0 Å². The van der Waals surface area contributed by atoms with Crippen molar-refractivity contribution >= 4 is 17.6 Å². The molecule has 1 aliphatic rings. The van der Waals surface area contributed by atoms with Gasteiger partial charge in [0.2, 0.25) is 5.88 Å². The van der Waals surface area contributed by atoms with E-state index in [1.165, 1.54) is 0 Å². The lowest BCUT2D eigenvalue weighted by Gasteiger charge is -2.13. The maximum absolute atomic E-state index is 12.8. The van der Waals surface area contributed by atoms with Crippen molar-refractivity contribution in [3.63, 3.8) is 0 Å². The van der Waals surface area contributed by atoms with Gasteiger partial charge >= 0.3 is 11.0 Å². The Labute approximate surface area is 166 Å². The van der Waals surface area contributed by atoms with Crippen LogP contribution < -0.4 is 9.61 Å². The molecule has 0 radical (unpaired) electrons. The Morgan fingerprint density at radius 1 is 1.21 bits per heavy atom. The molecule has 5 nitrogen and oxygen atoms in total. The van der Waals surface area contributed by atoms with Crippen LogP contribution >= 0.6 is 11.3 Å². The van der Waals surface area contributed by atoms with Crippen molar-refractivity contribution in [1.82, 2.24) is 4.98 Å². The first-order valence-corrected chi connectivity index (χ1v) is 9.47. The fourth-order valence-corrected chi connectivity index (χ4v) is 4.42. The summed E-state index contributed by atoms with van der Waals surface area (Å²) < 4.78 is 44.1. The van der Waals surface area contributed by atoms with Crippen LogP contribution in [0, 0.1) is 0 Å². The van der Waals surface area contributed by atoms with Gasteiger partial charge in [0.25, 0.3) is 0 Å². The smallest absolute Gasteiger partial charge is 0.416 e. The number of aromatic nitrogens is 1. The number of benzene rings is 2. The first-order valence-electron chi connectivity index (χ1n) is 8.65. The highest BCUT2D eigenvalue weighted by Crippen LogP contribution is 2.43. The van der Waals surface area contributed by atoms with Crippen LogP contribution in [0.2, 0.25) is 0 Å². The van der Waals surface area contributed by atoms with Gasteiger partial charge in [-0.1, -0.05) is 17.4 Å². The average molecular weight is 421 g/mol. The molecule has 2 N–H and O–H groups in total. The summed E-state index contributed by atoms with van der Waals surface area (Å²) in [4.78, 5) is 25.3. The fourth-order valence-electron chi connectivity index (χ4n) is 3.53. The van der Waals surface area contributed by atoms with E-state index >= 15 is 0 Å². The molecule has 3 aromatic rings. The third kappa shape index (κ3) is 3.65. The van der Waals surface area contributed by atoms with E-state index in [2.05, 4.69) is 4.98 Å². The predicted molar refractivity (Wildman–Crippen MR) is 100 cm³/mol. The number of aryl methyl sites for hydroxylation is 1. The highest BCUT2D eigenvalue weighted by atomic mass is 32.1. The molecule has 0 unspecified atom stereocenters. The number of carbonyl (C=O) groups is 1. The first kappa shape index (κ1) is 19.3. The van der Waals surface area contributed by atoms with Gasteiger partial charge < -0.3 is 9.84 Å². The largest absolute Gasteiger partial charge is 0.494 e. The van der Waals surface area contributed by atoms with Crippen LogP contribution in [0.25, 0.3) is 0 Å². The molecule has 0 aliphatic heterocycles. The van der Waals surface area contributed by atoms with Gasteiger partial charge in [0.1, 0.15) is 11.5 Å². The summed E-state index contributed by atoms with van der Waals surface area (Å²) in [6.45, 7) is 0. The van der Waals surface area contributed by atoms with Crippen molar-refractivity contribution in [2.45, 2.75) is 24.9 Å². The van der Waals surface area contributed by atoms with Crippen LogP contribution in [0.3, 0.4) is 0 Å². The lowest BCUT2D eigenvalue weighted by molar-refractivity contribution is -0.137. The number of alkyl halides is 3. The van der Waals surface area contributed by atoms with Gasteiger partial charge in [-0.15, -0.1) is 0 Å². The van der Waals surface area contributed by atoms with Gasteiger partial charge in [-0.05, 0) is 54.3 Å². The Morgan fingerprint density at radius 3 is 2.66 bits per heavy atom. The number of H-pyrrole nitrogens is 1. The number of fused-ring (bicyclic) bond motifs is 1. The molecule has 150 valence electrons. The molecule has 1 aromatic heterocycles. The van der Waals surface area contributed by atoms with E-state index in [4.69, 9.17) is 4.74 Å². The number of halogens is 3. The minimum Gasteiger partial charge on any atom is -0.494 e. The maximum Gasteiger partial charge on any atom is 0.416 e. The molecule has 1 atom stereocenters. The van der Waals surface area contributed by atoms with Crippen LogP contribution in [-0.2, 0) is 12.6 Å². The summed E-state index contributed by atoms with van der Waals surface area (Å²) in [7, 11) is 0. The number of ether oxygens (including phenoxy) is 1. The van der Waals surface area contributed by atoms with E-state index in [-0.39, 0.29) is 28.0 Å². The quantitative estimate of drug-likeness (QED) is 0.591. The highest BCUT2D eigenvalue weighted by molar-refractivity contribution is 7.09. The van der Waals surface area contributed by atoms with Crippen LogP contribution in [0.15, 0.2) is 41.2 Å². The van der Waals surface area contributed by atoms with Crippen LogP contribution in [-0.4, -0.2) is 16.4 Å². The normalized spacial score (nSPS) is 15.9. The molecule has 29 heavy (non-hydrogen) atoms. The summed E-state index contributed by atoms with van der Waals surface area (Å²) in [5, 5.41) is 9.92. The molecular weight excluding hydrogens is 407 g/mol. The molecular formula is C20H14F3NO4S. The first-order chi connectivity index (χ1) is 13.8. The molecule has 4 rings (SSSR count). The number of thiazole rings is 1. The van der Waals surface area contributed by atoms with Gasteiger partial charge in [-0.2, -0.15) is 13.2 Å². The molecule has 0 spiro atoms. The Kier molecular flexibility index (Phi) is 4.70. The van der Waals surface area contributed by atoms with Crippen molar-refractivity contribution < 1.29 is 27.8 Å². The maximum atomic E-state index is 12.8. The third-order valence-corrected chi connectivity index (χ3v) is 5.84. The van der Waals surface area contributed by atoms with Crippen LogP contribution in [0.1, 0.15) is 44.3 Å². The molecule has 2 aromatic carbocycles. The SMILES string of the molecule is O=Cc1cc(C(F)(F)F)ccc1Oc1ccc2c(c1)CC[C@H]2c1sc(=O)[nH]c1O. The second-order valence-electron chi connectivity index (χ2n) is 6.65. The lowest BCUT2D eigenvalue weighted by Crippen LogP contribution is -2.06. The van der Waals surface area contributed by atoms with Crippen molar-refractivity contribution in [2.75, 3.05) is 0 Å². The van der Waals surface area contributed by atoms with Crippen LogP contribution in [0.4, 0.5) is 13.2 Å². The number of rotatable bonds is 4. The van der Waals surface area contributed by atoms with Crippen molar-refractivity contribution in [2.24, 2.45) is 0 Å². The topological polar surface area (TPSA) is 79.4 Å². The number of aromatic amines is 1. The molecule has 0 bridgehead atoms. The zero-order valence-electron chi connectivity index (χ0n) is 14.7. The monoisotopic (exact) mass is 421 g/mol. The number of aromatic hydroxyl groups is 1. The van der Waals surface area contributed by atoms with E-state index in [1.54, 1.807) is 18.2 Å². The number of hydrogen-bond donors (Lipinski definition) is 2. The number of carbonyl (C=O) groups excluding carboxylic acids is 1. The standard InChI is InChI=1S/C20H14F3NO4S/c21-20(22,23)12-2-6-16(11(7-12)9-25)28-13-3-5-14-10(8-13)1-4-15(14)17-18(26)24-19(27)29-17/h2-3,5-9,15,26H,1,4H2,(H,24,27)/t15-/m1/s1. The summed E-state index contributed by atoms with van der Waals surface area (Å²) in [6, 6.07) is 7.95. The summed E-state index contributed by atoms with van der Waals surface area (Å²) in [6.07, 6.45) is -2.82. The average Bonchev–Trinajstić information content (AvgIpc) is 3.22. The van der Waals surface area contributed by atoms with Crippen molar-refractivity contribution in [1.29, 1.82) is 0 Å². The second kappa shape index (κ2) is 7.07. The molecule has 9 heteroatoms. The second-order valence-corrected chi connectivity index (χ2v) is 7.66. The molecule has 1 aliphatic carbocycles. The van der Waals surface area contributed by atoms with Crippen molar-refractivity contribution in [3.05, 3.63) is 73.2 Å². The van der Waals surface area contributed by atoms with E-state index in [0.717, 1.165) is 40.7 Å². The zero-order chi connectivity index (χ0) is 20.8. The summed E-state index contributed by atoms with van der Waals surface area (Å²) >= 11 is 0.967. The molecule has 0 amide bonds. The fraction of sp³-hybridized carbons (Fsp3) is 0.200. The summed E-state index contributed by atoms with van der Waals surface area (Å²) in [5.74, 6) is 0.181. The molecule has 0 saturated heterocycles. The van der Waals surface area contributed by atoms with Gasteiger partial charge in [0, 0.05) is 5.92 Å². The number of aldehydes is 1. The predicted octanol–water partition coefficient (Wildman–Crippen LogP) is 4.84. The zero-order valence-corrected chi connectivity index (χ0v) is 15.6. The van der Waals surface area contributed by atoms with Crippen LogP contribution in [0.5, 0.6) is 17.4 Å². The van der Waals surface area contributed by atoms with Gasteiger partial charge in [-0.25, -0.2) is 0 Å². The Bertz CT molecular complexity index is 1150. The van der Waals surface area contributed by atoms with Gasteiger partial charge in [0.05, 0.1) is 16.0 Å². The van der Waals surface area contributed by atoms with Crippen molar-refractivity contribution in [3.8, 4) is 17.4 Å². The number of hydrogen-bond acceptors (Lipinski definition) is 5. The molecule has 0 fully saturated rings. The van der Waals surface area contributed by atoms with E-state index in [9.17, 15) is 27.9 Å². The Morgan fingerprint density at radius 2 is 2.00 bits per heavy atom. The molecule has 1 heterocycles. The Balaban J connectivity index is 1.62. The minimum atomic E-state index is -4.55. The number of nitrogens with one attached hydrogen (secondary N) is 1. The highest BCUT2D eigenvalue weighted by Gasteiger charge is 2.31. The van der Waals surface area contributed by atoms with E-state index in [0.29, 0.717) is 29.8 Å². The van der Waals surface area contributed by atoms with Gasteiger partial charge in [0.15, 0.2) is 6.29 Å². The Hall–Kier alpha value is -3.07. The lowest BCUT2D eigenvalue weighted by atomic mass is 10.00. The van der Waals surface area contributed by atoms with Gasteiger partial charge in [-0.3, -0.25) is 14.6 Å². The third-order valence-electron chi connectivity index (χ3n) is 4.86. The molecule has 0 saturated carbocycles. The summed E-state index contributed by atoms with van der Waals surface area (Å²) in [5.41, 5.74) is 0.785.